The van der Waals surface area contributed by atoms with Crippen LogP contribution >= 0.6 is 11.6 Å². The van der Waals surface area contributed by atoms with Crippen molar-refractivity contribution >= 4 is 61.3 Å². The second-order valence-corrected chi connectivity index (χ2v) is 11.8. The number of anilines is 2. The van der Waals surface area contributed by atoms with Gasteiger partial charge in [-0.25, -0.2) is 13.4 Å². The van der Waals surface area contributed by atoms with Crippen LogP contribution in [-0.4, -0.2) is 68.3 Å². The molecule has 2 N–H and O–H groups in total. The van der Waals surface area contributed by atoms with Crippen LogP contribution in [-0.2, 0) is 14.8 Å². The molecule has 0 radical (unpaired) electrons. The number of fused-ring (bicyclic) bond motifs is 2. The van der Waals surface area contributed by atoms with Crippen LogP contribution in [0.2, 0.25) is 5.02 Å². The van der Waals surface area contributed by atoms with Crippen LogP contribution in [0.15, 0.2) is 72.0 Å². The van der Waals surface area contributed by atoms with Gasteiger partial charge in [0, 0.05) is 23.8 Å². The number of halogens is 1. The summed E-state index contributed by atoms with van der Waals surface area (Å²) in [6.07, 6.45) is 2.81. The Balaban J connectivity index is 1.58. The van der Waals surface area contributed by atoms with E-state index in [0.29, 0.717) is 40.9 Å². The topological polar surface area (TPSA) is 111 Å². The number of sulfonamides is 1. The first kappa shape index (κ1) is 25.9. The van der Waals surface area contributed by atoms with E-state index in [-0.39, 0.29) is 5.91 Å². The van der Waals surface area contributed by atoms with E-state index in [0.717, 1.165) is 22.2 Å². The first-order chi connectivity index (χ1) is 18.1. The Morgan fingerprint density at radius 2 is 1.82 bits per heavy atom. The van der Waals surface area contributed by atoms with Crippen molar-refractivity contribution in [2.24, 2.45) is 4.99 Å². The Morgan fingerprint density at radius 1 is 1.05 bits per heavy atom. The lowest BCUT2D eigenvalue weighted by atomic mass is 9.90. The fourth-order valence-corrected chi connectivity index (χ4v) is 5.60. The molecular formula is C27H27ClN6O3S. The maximum atomic E-state index is 13.2. The van der Waals surface area contributed by atoms with Crippen LogP contribution in [0.3, 0.4) is 0 Å². The number of H-pyrrole nitrogens is 1. The van der Waals surface area contributed by atoms with Crippen molar-refractivity contribution in [1.82, 2.24) is 14.9 Å². The summed E-state index contributed by atoms with van der Waals surface area (Å²) in [7, 11) is 0.322. The molecule has 3 aromatic carbocycles. The number of hydrogen-bond donors (Lipinski definition) is 2. The number of nitrogens with one attached hydrogen (secondary N) is 2. The van der Waals surface area contributed by atoms with Crippen molar-refractivity contribution in [2.75, 3.05) is 43.1 Å². The zero-order valence-corrected chi connectivity index (χ0v) is 22.7. The van der Waals surface area contributed by atoms with E-state index in [2.05, 4.69) is 15.3 Å². The van der Waals surface area contributed by atoms with Crippen molar-refractivity contribution in [3.05, 3.63) is 83.1 Å². The largest absolute Gasteiger partial charge is 0.345 e. The number of benzene rings is 3. The van der Waals surface area contributed by atoms with Gasteiger partial charge in [-0.2, -0.15) is 0 Å². The summed E-state index contributed by atoms with van der Waals surface area (Å²) in [5, 5.41) is 3.45. The average Bonchev–Trinajstić information content (AvgIpc) is 3.45. The lowest BCUT2D eigenvalue weighted by Crippen LogP contribution is -2.35. The lowest BCUT2D eigenvalue weighted by molar-refractivity contribution is -0.115. The van der Waals surface area contributed by atoms with Crippen LogP contribution in [0.4, 0.5) is 17.1 Å². The Morgan fingerprint density at radius 3 is 2.53 bits per heavy atom. The molecule has 1 aliphatic rings. The molecule has 2 heterocycles. The third-order valence-electron chi connectivity index (χ3n) is 6.37. The van der Waals surface area contributed by atoms with Gasteiger partial charge < -0.3 is 15.2 Å². The highest BCUT2D eigenvalue weighted by atomic mass is 35.5. The molecule has 1 atom stereocenters. The molecule has 0 saturated heterocycles. The highest BCUT2D eigenvalue weighted by molar-refractivity contribution is 7.92. The minimum Gasteiger partial charge on any atom is -0.345 e. The number of aliphatic imine (C=N–C) groups is 1. The summed E-state index contributed by atoms with van der Waals surface area (Å²) >= 11 is 6.17. The molecule has 9 nitrogen and oxygen atoms in total. The molecule has 1 aromatic heterocycles. The molecule has 5 rings (SSSR count). The molecule has 4 aromatic rings. The van der Waals surface area contributed by atoms with Gasteiger partial charge in [-0.15, -0.1) is 0 Å². The number of amides is 1. The normalized spacial score (nSPS) is 15.7. The molecular weight excluding hydrogens is 524 g/mol. The second-order valence-electron chi connectivity index (χ2n) is 9.44. The minimum absolute atomic E-state index is 0.200. The maximum absolute atomic E-state index is 13.2. The lowest BCUT2D eigenvalue weighted by Gasteiger charge is -2.24. The Bertz CT molecular complexity index is 1650. The van der Waals surface area contributed by atoms with Gasteiger partial charge in [0.15, 0.2) is 0 Å². The Hall–Kier alpha value is -3.73. The number of carbonyl (C=O) groups is 1. The number of aromatic amines is 1. The smallest absolute Gasteiger partial charge is 0.238 e. The number of likely N-dealkylation sites (N-methyl/N-ethyl adjacent to an activating group) is 1. The van der Waals surface area contributed by atoms with Crippen LogP contribution in [0.25, 0.3) is 11.0 Å². The van der Waals surface area contributed by atoms with E-state index in [1.54, 1.807) is 42.7 Å². The van der Waals surface area contributed by atoms with Gasteiger partial charge in [0.05, 0.1) is 40.7 Å². The summed E-state index contributed by atoms with van der Waals surface area (Å²) < 4.78 is 26.3. The third kappa shape index (κ3) is 5.28. The second kappa shape index (κ2) is 10.2. The Kier molecular flexibility index (Phi) is 6.95. The molecule has 11 heteroatoms. The number of carbonyl (C=O) groups excluding carboxylic acids is 1. The van der Waals surface area contributed by atoms with Crippen molar-refractivity contribution < 1.29 is 13.2 Å². The molecule has 1 unspecified atom stereocenters. The molecule has 0 spiro atoms. The van der Waals surface area contributed by atoms with E-state index in [9.17, 15) is 13.2 Å². The molecule has 0 saturated carbocycles. The van der Waals surface area contributed by atoms with Crippen molar-refractivity contribution in [2.45, 2.75) is 5.92 Å². The van der Waals surface area contributed by atoms with Gasteiger partial charge >= 0.3 is 0 Å². The predicted molar refractivity (Wildman–Crippen MR) is 152 cm³/mol. The van der Waals surface area contributed by atoms with Crippen LogP contribution in [0, 0.1) is 0 Å². The highest BCUT2D eigenvalue weighted by Crippen LogP contribution is 2.38. The van der Waals surface area contributed by atoms with Crippen molar-refractivity contribution in [1.29, 1.82) is 0 Å². The number of aromatic nitrogens is 2. The molecule has 1 aliphatic heterocycles. The zero-order chi connectivity index (χ0) is 27.0. The van der Waals surface area contributed by atoms with Crippen LogP contribution in [0.5, 0.6) is 0 Å². The van der Waals surface area contributed by atoms with Crippen molar-refractivity contribution in [3.63, 3.8) is 0 Å². The molecule has 38 heavy (non-hydrogen) atoms. The van der Waals surface area contributed by atoms with Gasteiger partial charge in [0.1, 0.15) is 5.92 Å². The fourth-order valence-electron chi connectivity index (χ4n) is 4.51. The predicted octanol–water partition coefficient (Wildman–Crippen LogP) is 4.40. The van der Waals surface area contributed by atoms with Crippen LogP contribution < -0.4 is 9.62 Å². The standard InChI is InChI=1S/C27H27ClN6O3S/c1-33(2)12-13-34(38(3,36)37)20-8-6-19(7-9-20)31-26(17-4-11-22-24(14-17)30-16-29-22)25-21-10-5-18(28)15-23(21)32-27(25)35/h4-11,14-16,25H,12-13H2,1-3H3,(H,29,30)(H,32,35). The third-order valence-corrected chi connectivity index (χ3v) is 7.80. The molecule has 1 amide bonds. The van der Waals surface area contributed by atoms with Gasteiger partial charge in [0.2, 0.25) is 15.9 Å². The first-order valence-corrected chi connectivity index (χ1v) is 14.2. The molecule has 196 valence electrons. The van der Waals surface area contributed by atoms with Gasteiger partial charge in [0.25, 0.3) is 0 Å². The monoisotopic (exact) mass is 550 g/mol. The highest BCUT2D eigenvalue weighted by Gasteiger charge is 2.35. The Labute approximate surface area is 226 Å². The maximum Gasteiger partial charge on any atom is 0.238 e. The van der Waals surface area contributed by atoms with Gasteiger partial charge in [-0.1, -0.05) is 23.7 Å². The number of nitrogens with zero attached hydrogens (tertiary/aromatic N) is 4. The number of rotatable bonds is 8. The summed E-state index contributed by atoms with van der Waals surface area (Å²) in [6.45, 7) is 0.902. The van der Waals surface area contributed by atoms with E-state index in [1.165, 1.54) is 10.6 Å². The number of hydrogen-bond acceptors (Lipinski definition) is 6. The summed E-state index contributed by atoms with van der Waals surface area (Å²) in [5.41, 5.74) is 5.52. The van der Waals surface area contributed by atoms with E-state index >= 15 is 0 Å². The van der Waals surface area contributed by atoms with E-state index in [1.807, 2.05) is 43.3 Å². The quantitative estimate of drug-likeness (QED) is 0.316. The first-order valence-electron chi connectivity index (χ1n) is 11.9. The fraction of sp³-hybridized carbons (Fsp3) is 0.222. The SMILES string of the molecule is CN(C)CCN(c1ccc(N=C(c2ccc3nc[nH]c3c2)C2C(=O)Nc3cc(Cl)ccc32)cc1)S(C)(=O)=O. The zero-order valence-electron chi connectivity index (χ0n) is 21.1. The van der Waals surface area contributed by atoms with E-state index < -0.39 is 15.9 Å². The van der Waals surface area contributed by atoms with Crippen LogP contribution in [0.1, 0.15) is 17.0 Å². The van der Waals surface area contributed by atoms with Crippen molar-refractivity contribution in [3.8, 4) is 0 Å². The van der Waals surface area contributed by atoms with Gasteiger partial charge in [-0.05, 0) is 73.8 Å². The summed E-state index contributed by atoms with van der Waals surface area (Å²) in [4.78, 5) is 27.5. The number of imidazole rings is 1. The summed E-state index contributed by atoms with van der Waals surface area (Å²) in [5.74, 6) is -0.857. The molecule has 0 aliphatic carbocycles. The average molecular weight is 551 g/mol. The van der Waals surface area contributed by atoms with E-state index in [4.69, 9.17) is 16.6 Å². The summed E-state index contributed by atoms with van der Waals surface area (Å²) in [6, 6.07) is 18.0. The molecule has 0 bridgehead atoms. The van der Waals surface area contributed by atoms with Gasteiger partial charge in [-0.3, -0.25) is 14.1 Å². The minimum atomic E-state index is -3.47. The molecule has 0 fully saturated rings.